The summed E-state index contributed by atoms with van der Waals surface area (Å²) in [6.07, 6.45) is 1.57. The summed E-state index contributed by atoms with van der Waals surface area (Å²) in [5.41, 5.74) is 7.34. The molecule has 0 fully saturated rings. The zero-order valence-corrected chi connectivity index (χ0v) is 20.0. The van der Waals surface area contributed by atoms with Crippen LogP contribution in [-0.4, -0.2) is 27.8 Å². The van der Waals surface area contributed by atoms with E-state index < -0.39 is 0 Å². The molecule has 160 valence electrons. The topological polar surface area (TPSA) is 76.5 Å². The maximum absolute atomic E-state index is 12.1. The second-order valence-electron chi connectivity index (χ2n) is 6.97. The molecule has 0 atom stereocenters. The molecular weight excluding hydrogens is 476 g/mol. The number of hydrogen-bond acceptors (Lipinski definition) is 6. The number of benzene rings is 2. The predicted molar refractivity (Wildman–Crippen MR) is 128 cm³/mol. The first-order valence-corrected chi connectivity index (χ1v) is 11.4. The number of carbonyl (C=O) groups excluding carboxylic acids is 1. The molecule has 3 aromatic rings. The van der Waals surface area contributed by atoms with Crippen LogP contribution in [0.2, 0.25) is 0 Å². The van der Waals surface area contributed by atoms with E-state index in [4.69, 9.17) is 4.74 Å². The molecule has 0 unspecified atom stereocenters. The molecule has 2 aromatic carbocycles. The van der Waals surface area contributed by atoms with Crippen LogP contribution in [0.15, 0.2) is 63.3 Å². The SMILES string of the molecule is Cc1ccc(COc2ccc(Br)cc2/C=N\NC(=O)CSc2nc(C)cc(C)n2)cc1. The summed E-state index contributed by atoms with van der Waals surface area (Å²) in [5.74, 6) is 0.621. The first-order chi connectivity index (χ1) is 14.9. The van der Waals surface area contributed by atoms with E-state index in [1.165, 1.54) is 17.3 Å². The lowest BCUT2D eigenvalue weighted by atomic mass is 10.1. The molecule has 0 aliphatic heterocycles. The molecule has 0 radical (unpaired) electrons. The minimum atomic E-state index is -0.235. The van der Waals surface area contributed by atoms with Gasteiger partial charge in [0.25, 0.3) is 5.91 Å². The molecule has 0 aliphatic rings. The summed E-state index contributed by atoms with van der Waals surface area (Å²) >= 11 is 4.74. The highest BCUT2D eigenvalue weighted by Crippen LogP contribution is 2.23. The molecule has 6 nitrogen and oxygen atoms in total. The number of nitrogens with zero attached hydrogens (tertiary/aromatic N) is 3. The molecule has 0 bridgehead atoms. The Hall–Kier alpha value is -2.71. The lowest BCUT2D eigenvalue weighted by Gasteiger charge is -2.10. The Morgan fingerprint density at radius 2 is 1.81 bits per heavy atom. The number of nitrogens with one attached hydrogen (secondary N) is 1. The van der Waals surface area contributed by atoms with Gasteiger partial charge in [-0.3, -0.25) is 4.79 Å². The number of hydrogen-bond donors (Lipinski definition) is 1. The van der Waals surface area contributed by atoms with Gasteiger partial charge >= 0.3 is 0 Å². The highest BCUT2D eigenvalue weighted by Gasteiger charge is 2.07. The van der Waals surface area contributed by atoms with E-state index in [0.29, 0.717) is 17.5 Å². The van der Waals surface area contributed by atoms with Crippen molar-refractivity contribution in [2.45, 2.75) is 32.5 Å². The van der Waals surface area contributed by atoms with Gasteiger partial charge in [-0.15, -0.1) is 0 Å². The van der Waals surface area contributed by atoms with Gasteiger partial charge in [-0.2, -0.15) is 5.10 Å². The van der Waals surface area contributed by atoms with Crippen LogP contribution in [0.3, 0.4) is 0 Å². The molecular formula is C23H23BrN4O2S. The van der Waals surface area contributed by atoms with Crippen molar-refractivity contribution in [3.8, 4) is 5.75 Å². The van der Waals surface area contributed by atoms with Crippen LogP contribution >= 0.6 is 27.7 Å². The van der Waals surface area contributed by atoms with Crippen LogP contribution in [0.5, 0.6) is 5.75 Å². The fourth-order valence-corrected chi connectivity index (χ4v) is 3.81. The summed E-state index contributed by atoms with van der Waals surface area (Å²) in [6.45, 7) is 6.30. The van der Waals surface area contributed by atoms with Gasteiger partial charge in [0.15, 0.2) is 5.16 Å². The molecule has 31 heavy (non-hydrogen) atoms. The molecule has 1 heterocycles. The fourth-order valence-electron chi connectivity index (χ4n) is 2.69. The zero-order chi connectivity index (χ0) is 22.2. The van der Waals surface area contributed by atoms with E-state index in [2.05, 4.69) is 55.5 Å². The average Bonchev–Trinajstić information content (AvgIpc) is 2.72. The molecule has 0 saturated heterocycles. The normalized spacial score (nSPS) is 11.0. The number of rotatable bonds is 8. The number of aryl methyl sites for hydroxylation is 3. The average molecular weight is 499 g/mol. The van der Waals surface area contributed by atoms with E-state index in [-0.39, 0.29) is 11.7 Å². The number of hydrazone groups is 1. The van der Waals surface area contributed by atoms with Crippen LogP contribution in [0, 0.1) is 20.8 Å². The van der Waals surface area contributed by atoms with E-state index in [1.807, 2.05) is 50.2 Å². The number of ether oxygens (including phenoxy) is 1. The predicted octanol–water partition coefficient (Wildman–Crippen LogP) is 4.99. The third-order valence-corrected chi connectivity index (χ3v) is 5.51. The second-order valence-corrected chi connectivity index (χ2v) is 8.83. The number of aromatic nitrogens is 2. The molecule has 1 amide bonds. The fraction of sp³-hybridized carbons (Fsp3) is 0.217. The Balaban J connectivity index is 1.57. The first-order valence-electron chi connectivity index (χ1n) is 9.64. The van der Waals surface area contributed by atoms with Crippen molar-refractivity contribution in [3.05, 3.63) is 81.1 Å². The number of halogens is 1. The summed E-state index contributed by atoms with van der Waals surface area (Å²) in [4.78, 5) is 20.8. The van der Waals surface area contributed by atoms with Crippen molar-refractivity contribution in [3.63, 3.8) is 0 Å². The summed E-state index contributed by atoms with van der Waals surface area (Å²) < 4.78 is 6.85. The van der Waals surface area contributed by atoms with Crippen LogP contribution in [-0.2, 0) is 11.4 Å². The minimum absolute atomic E-state index is 0.176. The quantitative estimate of drug-likeness (QED) is 0.205. The highest BCUT2D eigenvalue weighted by molar-refractivity contribution is 9.10. The minimum Gasteiger partial charge on any atom is -0.488 e. The molecule has 0 spiro atoms. The van der Waals surface area contributed by atoms with E-state index in [1.54, 1.807) is 6.21 Å². The summed E-state index contributed by atoms with van der Waals surface area (Å²) in [7, 11) is 0. The Morgan fingerprint density at radius 3 is 2.52 bits per heavy atom. The van der Waals surface area contributed by atoms with Crippen molar-refractivity contribution < 1.29 is 9.53 Å². The Kier molecular flexibility index (Phi) is 8.20. The molecule has 8 heteroatoms. The van der Waals surface area contributed by atoms with Crippen LogP contribution < -0.4 is 10.2 Å². The summed E-state index contributed by atoms with van der Waals surface area (Å²) in [6, 6.07) is 15.7. The van der Waals surface area contributed by atoms with Crippen molar-refractivity contribution in [2.24, 2.45) is 5.10 Å². The van der Waals surface area contributed by atoms with Gasteiger partial charge in [0, 0.05) is 21.4 Å². The molecule has 0 saturated carbocycles. The number of carbonyl (C=O) groups is 1. The number of thioether (sulfide) groups is 1. The van der Waals surface area contributed by atoms with Gasteiger partial charge in [0.05, 0.1) is 12.0 Å². The lowest BCUT2D eigenvalue weighted by Crippen LogP contribution is -2.20. The zero-order valence-electron chi connectivity index (χ0n) is 17.6. The maximum Gasteiger partial charge on any atom is 0.250 e. The lowest BCUT2D eigenvalue weighted by molar-refractivity contribution is -0.118. The van der Waals surface area contributed by atoms with Crippen LogP contribution in [0.1, 0.15) is 28.1 Å². The Morgan fingerprint density at radius 1 is 1.10 bits per heavy atom. The van der Waals surface area contributed by atoms with Gasteiger partial charge < -0.3 is 4.74 Å². The van der Waals surface area contributed by atoms with Crippen molar-refractivity contribution >= 4 is 39.8 Å². The number of amides is 1. The van der Waals surface area contributed by atoms with E-state index >= 15 is 0 Å². The van der Waals surface area contributed by atoms with Crippen molar-refractivity contribution in [1.82, 2.24) is 15.4 Å². The van der Waals surface area contributed by atoms with Gasteiger partial charge in [-0.1, -0.05) is 57.5 Å². The Bertz CT molecular complexity index is 1070. The van der Waals surface area contributed by atoms with E-state index in [0.717, 1.165) is 27.0 Å². The largest absolute Gasteiger partial charge is 0.488 e. The van der Waals surface area contributed by atoms with Crippen LogP contribution in [0.25, 0.3) is 0 Å². The van der Waals surface area contributed by atoms with Gasteiger partial charge in [0.2, 0.25) is 0 Å². The summed E-state index contributed by atoms with van der Waals surface area (Å²) in [5, 5.41) is 4.66. The second kappa shape index (κ2) is 11.1. The highest BCUT2D eigenvalue weighted by atomic mass is 79.9. The smallest absolute Gasteiger partial charge is 0.250 e. The van der Waals surface area contributed by atoms with E-state index in [9.17, 15) is 4.79 Å². The molecule has 1 N–H and O–H groups in total. The molecule has 0 aliphatic carbocycles. The third-order valence-electron chi connectivity index (χ3n) is 4.17. The monoisotopic (exact) mass is 498 g/mol. The van der Waals surface area contributed by atoms with Gasteiger partial charge in [0.1, 0.15) is 12.4 Å². The standard InChI is InChI=1S/C23H23BrN4O2S/c1-15-4-6-18(7-5-15)13-30-21-9-8-20(24)11-19(21)12-25-28-22(29)14-31-23-26-16(2)10-17(3)27-23/h4-12H,13-14H2,1-3H3,(H,28,29)/b25-12-. The van der Waals surface area contributed by atoms with Gasteiger partial charge in [-0.25, -0.2) is 15.4 Å². The van der Waals surface area contributed by atoms with Crippen molar-refractivity contribution in [2.75, 3.05) is 5.75 Å². The molecule has 3 rings (SSSR count). The first kappa shape index (κ1) is 23.0. The molecule has 1 aromatic heterocycles. The third kappa shape index (κ3) is 7.48. The van der Waals surface area contributed by atoms with Crippen LogP contribution in [0.4, 0.5) is 0 Å². The Labute approximate surface area is 194 Å². The van der Waals surface area contributed by atoms with Crippen molar-refractivity contribution in [1.29, 1.82) is 0 Å². The van der Waals surface area contributed by atoms with Gasteiger partial charge in [-0.05, 0) is 50.6 Å². The maximum atomic E-state index is 12.1.